The van der Waals surface area contributed by atoms with Gasteiger partial charge < -0.3 is 0 Å². The van der Waals surface area contributed by atoms with Crippen molar-refractivity contribution in [2.75, 3.05) is 26.2 Å². The highest BCUT2D eigenvalue weighted by molar-refractivity contribution is 7.89. The number of nitrogens with zero attached hydrogens (tertiary/aromatic N) is 2. The van der Waals surface area contributed by atoms with Crippen LogP contribution in [0.3, 0.4) is 0 Å². The number of halogens is 3. The second kappa shape index (κ2) is 7.60. The van der Waals surface area contributed by atoms with Gasteiger partial charge in [0.15, 0.2) is 0 Å². The Morgan fingerprint density at radius 2 is 1.52 bits per heavy atom. The Labute approximate surface area is 156 Å². The van der Waals surface area contributed by atoms with Crippen LogP contribution in [-0.2, 0) is 16.6 Å². The van der Waals surface area contributed by atoms with Gasteiger partial charge in [-0.25, -0.2) is 12.8 Å². The zero-order chi connectivity index (χ0) is 18.0. The Morgan fingerprint density at radius 1 is 0.920 bits per heavy atom. The van der Waals surface area contributed by atoms with E-state index in [1.54, 1.807) is 24.3 Å². The Balaban J connectivity index is 1.71. The Bertz CT molecular complexity index is 848. The van der Waals surface area contributed by atoms with E-state index < -0.39 is 10.0 Å². The lowest BCUT2D eigenvalue weighted by molar-refractivity contribution is 0.180. The van der Waals surface area contributed by atoms with E-state index in [2.05, 4.69) is 0 Å². The minimum absolute atomic E-state index is 0.0547. The summed E-state index contributed by atoms with van der Waals surface area (Å²) < 4.78 is 40.8. The summed E-state index contributed by atoms with van der Waals surface area (Å²) in [5.41, 5.74) is 0.605. The van der Waals surface area contributed by atoms with Gasteiger partial charge >= 0.3 is 0 Å². The number of sulfonamides is 1. The summed E-state index contributed by atoms with van der Waals surface area (Å²) in [5.74, 6) is -0.250. The van der Waals surface area contributed by atoms with Gasteiger partial charge in [-0.1, -0.05) is 47.5 Å². The standard InChI is InChI=1S/C17H17Cl2FN2O2S/c18-14-5-3-6-15(19)17(14)25(23,24)22-10-8-21(9-11-22)12-13-4-1-2-7-16(13)20/h1-7H,8-12H2. The van der Waals surface area contributed by atoms with Crippen LogP contribution in [0.4, 0.5) is 4.39 Å². The highest BCUT2D eigenvalue weighted by Gasteiger charge is 2.31. The lowest BCUT2D eigenvalue weighted by Crippen LogP contribution is -2.48. The fourth-order valence-electron chi connectivity index (χ4n) is 2.85. The molecule has 25 heavy (non-hydrogen) atoms. The smallest absolute Gasteiger partial charge is 0.246 e. The molecule has 1 aliphatic heterocycles. The maximum atomic E-state index is 13.8. The molecule has 0 unspecified atom stereocenters. The topological polar surface area (TPSA) is 40.6 Å². The zero-order valence-electron chi connectivity index (χ0n) is 13.3. The molecule has 4 nitrogen and oxygen atoms in total. The van der Waals surface area contributed by atoms with E-state index in [0.717, 1.165) is 0 Å². The van der Waals surface area contributed by atoms with Crippen LogP contribution in [0.2, 0.25) is 10.0 Å². The summed E-state index contributed by atoms with van der Waals surface area (Å²) in [6, 6.07) is 11.2. The lowest BCUT2D eigenvalue weighted by atomic mass is 10.2. The first kappa shape index (κ1) is 18.6. The summed E-state index contributed by atoms with van der Waals surface area (Å²) in [5, 5.41) is 0.225. The molecule has 0 N–H and O–H groups in total. The third-order valence-electron chi connectivity index (χ3n) is 4.20. The minimum atomic E-state index is -3.76. The van der Waals surface area contributed by atoms with E-state index in [1.165, 1.54) is 22.5 Å². The van der Waals surface area contributed by atoms with Crippen molar-refractivity contribution in [3.8, 4) is 0 Å². The summed E-state index contributed by atoms with van der Waals surface area (Å²) in [6.07, 6.45) is 0. The van der Waals surface area contributed by atoms with Gasteiger partial charge in [0.1, 0.15) is 10.7 Å². The first-order valence-corrected chi connectivity index (χ1v) is 9.99. The van der Waals surface area contributed by atoms with Crippen LogP contribution >= 0.6 is 23.2 Å². The largest absolute Gasteiger partial charge is 0.296 e. The Kier molecular flexibility index (Phi) is 5.65. The molecule has 0 bridgehead atoms. The van der Waals surface area contributed by atoms with Crippen molar-refractivity contribution in [2.45, 2.75) is 11.4 Å². The van der Waals surface area contributed by atoms with E-state index >= 15 is 0 Å². The third kappa shape index (κ3) is 3.99. The number of hydrogen-bond donors (Lipinski definition) is 0. The maximum Gasteiger partial charge on any atom is 0.246 e. The summed E-state index contributed by atoms with van der Waals surface area (Å²) in [7, 11) is -3.76. The van der Waals surface area contributed by atoms with Gasteiger partial charge in [0.2, 0.25) is 10.0 Å². The van der Waals surface area contributed by atoms with E-state index in [4.69, 9.17) is 23.2 Å². The molecule has 2 aromatic rings. The molecule has 0 aliphatic carbocycles. The molecule has 2 aromatic carbocycles. The van der Waals surface area contributed by atoms with Crippen LogP contribution < -0.4 is 0 Å². The molecule has 0 amide bonds. The molecule has 0 saturated carbocycles. The molecule has 134 valence electrons. The predicted octanol–water partition coefficient (Wildman–Crippen LogP) is 3.64. The van der Waals surface area contributed by atoms with Crippen LogP contribution in [0.5, 0.6) is 0 Å². The Morgan fingerprint density at radius 3 is 2.12 bits per heavy atom. The lowest BCUT2D eigenvalue weighted by Gasteiger charge is -2.34. The first-order valence-electron chi connectivity index (χ1n) is 7.79. The SMILES string of the molecule is O=S(=O)(c1c(Cl)cccc1Cl)N1CCN(Cc2ccccc2F)CC1. The molecule has 0 atom stereocenters. The van der Waals surface area contributed by atoms with Crippen LogP contribution in [0.25, 0.3) is 0 Å². The van der Waals surface area contributed by atoms with Crippen molar-refractivity contribution in [1.29, 1.82) is 0 Å². The molecule has 0 aromatic heterocycles. The first-order chi connectivity index (χ1) is 11.9. The molecule has 0 radical (unpaired) electrons. The molecular weight excluding hydrogens is 386 g/mol. The zero-order valence-corrected chi connectivity index (χ0v) is 15.7. The van der Waals surface area contributed by atoms with Gasteiger partial charge in [0.25, 0.3) is 0 Å². The monoisotopic (exact) mass is 402 g/mol. The summed E-state index contributed by atoms with van der Waals surface area (Å²) in [6.45, 7) is 2.08. The number of piperazine rings is 1. The fourth-order valence-corrected chi connectivity index (χ4v) is 5.37. The van der Waals surface area contributed by atoms with Gasteiger partial charge in [-0.2, -0.15) is 4.31 Å². The van der Waals surface area contributed by atoms with Crippen molar-refractivity contribution in [2.24, 2.45) is 0 Å². The average molecular weight is 403 g/mol. The fraction of sp³-hybridized carbons (Fsp3) is 0.294. The molecule has 1 heterocycles. The van der Waals surface area contributed by atoms with Crippen LogP contribution in [0, 0.1) is 5.82 Å². The van der Waals surface area contributed by atoms with Gasteiger partial charge in [-0.15, -0.1) is 0 Å². The predicted molar refractivity (Wildman–Crippen MR) is 96.9 cm³/mol. The number of benzene rings is 2. The number of hydrogen-bond acceptors (Lipinski definition) is 3. The maximum absolute atomic E-state index is 13.8. The highest BCUT2D eigenvalue weighted by Crippen LogP contribution is 2.32. The normalized spacial score (nSPS) is 16.9. The molecule has 3 rings (SSSR count). The third-order valence-corrected chi connectivity index (χ3v) is 7.05. The second-order valence-electron chi connectivity index (χ2n) is 5.82. The summed E-state index contributed by atoms with van der Waals surface area (Å²) in [4.78, 5) is 1.97. The minimum Gasteiger partial charge on any atom is -0.296 e. The molecule has 1 aliphatic rings. The number of rotatable bonds is 4. The molecule has 1 fully saturated rings. The van der Waals surface area contributed by atoms with Crippen LogP contribution in [-0.4, -0.2) is 43.8 Å². The van der Waals surface area contributed by atoms with E-state index in [9.17, 15) is 12.8 Å². The van der Waals surface area contributed by atoms with Crippen molar-refractivity contribution in [3.63, 3.8) is 0 Å². The second-order valence-corrected chi connectivity index (χ2v) is 8.51. The average Bonchev–Trinajstić information content (AvgIpc) is 2.57. The van der Waals surface area contributed by atoms with Crippen LogP contribution in [0.1, 0.15) is 5.56 Å². The highest BCUT2D eigenvalue weighted by atomic mass is 35.5. The summed E-state index contributed by atoms with van der Waals surface area (Å²) >= 11 is 12.1. The van der Waals surface area contributed by atoms with E-state index in [-0.39, 0.29) is 20.8 Å². The van der Waals surface area contributed by atoms with Crippen molar-refractivity contribution in [3.05, 3.63) is 63.9 Å². The molecule has 8 heteroatoms. The van der Waals surface area contributed by atoms with E-state index in [1.807, 2.05) is 4.90 Å². The van der Waals surface area contributed by atoms with Gasteiger partial charge in [-0.3, -0.25) is 4.90 Å². The molecular formula is C17H17Cl2FN2O2S. The van der Waals surface area contributed by atoms with Crippen LogP contribution in [0.15, 0.2) is 47.4 Å². The van der Waals surface area contributed by atoms with Gasteiger partial charge in [-0.05, 0) is 18.2 Å². The van der Waals surface area contributed by atoms with Gasteiger partial charge in [0.05, 0.1) is 10.0 Å². The Hall–Kier alpha value is -1.18. The van der Waals surface area contributed by atoms with Gasteiger partial charge in [0, 0.05) is 38.3 Å². The van der Waals surface area contributed by atoms with Crippen molar-refractivity contribution < 1.29 is 12.8 Å². The van der Waals surface area contributed by atoms with Crippen molar-refractivity contribution >= 4 is 33.2 Å². The van der Waals surface area contributed by atoms with E-state index in [0.29, 0.717) is 38.3 Å². The molecule has 1 saturated heterocycles. The quantitative estimate of drug-likeness (QED) is 0.783. The van der Waals surface area contributed by atoms with Crippen molar-refractivity contribution in [1.82, 2.24) is 9.21 Å². The molecule has 0 spiro atoms.